The van der Waals surface area contributed by atoms with Crippen LogP contribution in [0.25, 0.3) is 5.95 Å². The minimum atomic E-state index is 0. The van der Waals surface area contributed by atoms with Gasteiger partial charge in [-0.05, 0) is 39.0 Å². The highest BCUT2D eigenvalue weighted by Crippen LogP contribution is 2.26. The van der Waals surface area contributed by atoms with E-state index in [0.717, 1.165) is 60.5 Å². The second-order valence-electron chi connectivity index (χ2n) is 7.96. The number of carbonyl (C=O) groups excluding carboxylic acids is 1. The fraction of sp³-hybridized carbons (Fsp3) is 0.391. The monoisotopic (exact) mass is 474 g/mol. The Kier molecular flexibility index (Phi) is 7.87. The van der Waals surface area contributed by atoms with Crippen molar-refractivity contribution in [2.45, 2.75) is 27.2 Å². The number of nitrogens with zero attached hydrogens (tertiary/aromatic N) is 6. The Hall–Kier alpha value is -2.48. The van der Waals surface area contributed by atoms with E-state index in [1.165, 1.54) is 0 Å². The third kappa shape index (κ3) is 5.28. The molecule has 2 aromatic heterocycles. The molecule has 0 unspecified atom stereocenters. The summed E-state index contributed by atoms with van der Waals surface area (Å²) in [6.45, 7) is 10.1. The molecule has 1 fully saturated rings. The predicted octanol–water partition coefficient (Wildman–Crippen LogP) is 4.06. The van der Waals surface area contributed by atoms with Crippen LogP contribution in [-0.2, 0) is 0 Å². The van der Waals surface area contributed by atoms with Crippen molar-refractivity contribution >= 4 is 35.5 Å². The number of halogens is 2. The normalized spacial score (nSPS) is 14.3. The molecular formula is C23H28Cl2N6O. The maximum atomic E-state index is 12.9. The molecule has 0 atom stereocenters. The van der Waals surface area contributed by atoms with E-state index in [1.54, 1.807) is 10.9 Å². The zero-order valence-electron chi connectivity index (χ0n) is 18.6. The highest BCUT2D eigenvalue weighted by atomic mass is 35.5. The Morgan fingerprint density at radius 2 is 1.69 bits per heavy atom. The van der Waals surface area contributed by atoms with Crippen molar-refractivity contribution in [3.63, 3.8) is 0 Å². The van der Waals surface area contributed by atoms with Crippen molar-refractivity contribution in [1.29, 1.82) is 0 Å². The van der Waals surface area contributed by atoms with Gasteiger partial charge in [-0.2, -0.15) is 5.10 Å². The van der Waals surface area contributed by atoms with Crippen molar-refractivity contribution in [3.05, 3.63) is 64.2 Å². The van der Waals surface area contributed by atoms with Gasteiger partial charge in [0.05, 0.1) is 28.2 Å². The Bertz CT molecular complexity index is 1070. The van der Waals surface area contributed by atoms with Crippen LogP contribution in [0.15, 0.2) is 36.5 Å². The van der Waals surface area contributed by atoms with Crippen LogP contribution in [0, 0.1) is 20.8 Å². The van der Waals surface area contributed by atoms with E-state index >= 15 is 0 Å². The van der Waals surface area contributed by atoms with Crippen LogP contribution < -0.4 is 4.90 Å². The summed E-state index contributed by atoms with van der Waals surface area (Å²) in [5.74, 6) is 0.603. The van der Waals surface area contributed by atoms with Crippen LogP contribution in [0.1, 0.15) is 33.9 Å². The van der Waals surface area contributed by atoms with E-state index in [-0.39, 0.29) is 18.2 Å². The zero-order chi connectivity index (χ0) is 22.0. The number of aryl methyl sites for hydroxylation is 2. The summed E-state index contributed by atoms with van der Waals surface area (Å²) in [7, 11) is 0. The fourth-order valence-corrected chi connectivity index (χ4v) is 4.26. The summed E-state index contributed by atoms with van der Waals surface area (Å²) in [6, 6.07) is 9.86. The number of benzene rings is 1. The molecule has 3 heterocycles. The van der Waals surface area contributed by atoms with Crippen molar-refractivity contribution in [1.82, 2.24) is 24.6 Å². The number of carbonyl (C=O) groups is 1. The Labute approximate surface area is 199 Å². The van der Waals surface area contributed by atoms with Gasteiger partial charge in [0.15, 0.2) is 5.78 Å². The maximum absolute atomic E-state index is 12.9. The van der Waals surface area contributed by atoms with E-state index in [2.05, 4.69) is 30.9 Å². The largest absolute Gasteiger partial charge is 0.368 e. The molecule has 1 aromatic carbocycles. The van der Waals surface area contributed by atoms with E-state index in [0.29, 0.717) is 17.9 Å². The molecule has 0 N–H and O–H groups in total. The first-order valence-electron chi connectivity index (χ1n) is 10.5. The molecule has 9 heteroatoms. The number of aromatic nitrogens is 4. The molecule has 1 aliphatic rings. The van der Waals surface area contributed by atoms with E-state index in [1.807, 2.05) is 45.0 Å². The number of hydrogen-bond acceptors (Lipinski definition) is 6. The molecule has 1 saturated heterocycles. The molecule has 32 heavy (non-hydrogen) atoms. The first-order valence-corrected chi connectivity index (χ1v) is 10.9. The third-order valence-electron chi connectivity index (χ3n) is 5.69. The number of piperazine rings is 1. The van der Waals surface area contributed by atoms with Crippen molar-refractivity contribution in [2.24, 2.45) is 0 Å². The highest BCUT2D eigenvalue weighted by Gasteiger charge is 2.21. The molecule has 0 amide bonds. The number of anilines is 1. The molecule has 0 saturated carbocycles. The molecule has 3 aromatic rings. The van der Waals surface area contributed by atoms with E-state index in [4.69, 9.17) is 11.6 Å². The van der Waals surface area contributed by atoms with Gasteiger partial charge in [-0.1, -0.05) is 23.7 Å². The lowest BCUT2D eigenvalue weighted by molar-refractivity contribution is 0.0962. The van der Waals surface area contributed by atoms with Gasteiger partial charge in [0.25, 0.3) is 5.95 Å². The Morgan fingerprint density at radius 1 is 1.03 bits per heavy atom. The molecule has 0 bridgehead atoms. The van der Waals surface area contributed by atoms with Crippen LogP contribution in [0.3, 0.4) is 0 Å². The minimum absolute atomic E-state index is 0. The number of para-hydroxylation sites is 1. The van der Waals surface area contributed by atoms with Crippen LogP contribution in [-0.4, -0.2) is 63.2 Å². The van der Waals surface area contributed by atoms with Gasteiger partial charge in [0, 0.05) is 50.5 Å². The summed E-state index contributed by atoms with van der Waals surface area (Å²) in [4.78, 5) is 26.4. The molecule has 0 spiro atoms. The molecule has 0 radical (unpaired) electrons. The molecular weight excluding hydrogens is 447 g/mol. The first-order chi connectivity index (χ1) is 14.9. The minimum Gasteiger partial charge on any atom is -0.368 e. The average molecular weight is 475 g/mol. The number of rotatable bonds is 6. The quantitative estimate of drug-likeness (QED) is 0.501. The lowest BCUT2D eigenvalue weighted by Crippen LogP contribution is -2.47. The Morgan fingerprint density at radius 3 is 2.34 bits per heavy atom. The van der Waals surface area contributed by atoms with Crippen LogP contribution in [0.4, 0.5) is 5.69 Å². The zero-order valence-corrected chi connectivity index (χ0v) is 20.2. The number of ketones is 1. The lowest BCUT2D eigenvalue weighted by atomic mass is 10.1. The first kappa shape index (κ1) is 24.2. The third-order valence-corrected chi connectivity index (χ3v) is 6.01. The fourth-order valence-electron chi connectivity index (χ4n) is 4.00. The lowest BCUT2D eigenvalue weighted by Gasteiger charge is -2.36. The molecule has 170 valence electrons. The summed E-state index contributed by atoms with van der Waals surface area (Å²) in [5, 5.41) is 5.16. The van der Waals surface area contributed by atoms with Gasteiger partial charge < -0.3 is 4.90 Å². The maximum Gasteiger partial charge on any atom is 0.251 e. The van der Waals surface area contributed by atoms with Gasteiger partial charge in [0.2, 0.25) is 0 Å². The number of hydrogen-bond donors (Lipinski definition) is 0. The van der Waals surface area contributed by atoms with Crippen LogP contribution in [0.2, 0.25) is 5.02 Å². The average Bonchev–Trinajstić information content (AvgIpc) is 3.13. The predicted molar refractivity (Wildman–Crippen MR) is 130 cm³/mol. The summed E-state index contributed by atoms with van der Waals surface area (Å²) < 4.78 is 1.65. The molecule has 4 rings (SSSR count). The van der Waals surface area contributed by atoms with Crippen molar-refractivity contribution < 1.29 is 4.79 Å². The van der Waals surface area contributed by atoms with Crippen molar-refractivity contribution in [3.8, 4) is 5.95 Å². The molecule has 0 aliphatic carbocycles. The summed E-state index contributed by atoms with van der Waals surface area (Å²) in [5.41, 5.74) is 4.25. The van der Waals surface area contributed by atoms with Crippen LogP contribution in [0.5, 0.6) is 0 Å². The SMILES string of the molecule is Cc1cc(C)nc(-n2ncc(C(=O)CCN3CCN(c4ccccc4Cl)CC3)c2C)n1.Cl. The van der Waals surface area contributed by atoms with Gasteiger partial charge in [-0.3, -0.25) is 9.69 Å². The second kappa shape index (κ2) is 10.4. The smallest absolute Gasteiger partial charge is 0.251 e. The van der Waals surface area contributed by atoms with Crippen LogP contribution >= 0.6 is 24.0 Å². The van der Waals surface area contributed by atoms with Gasteiger partial charge in [-0.15, -0.1) is 12.4 Å². The van der Waals surface area contributed by atoms with Gasteiger partial charge in [-0.25, -0.2) is 14.6 Å². The van der Waals surface area contributed by atoms with Gasteiger partial charge >= 0.3 is 0 Å². The summed E-state index contributed by atoms with van der Waals surface area (Å²) >= 11 is 6.33. The van der Waals surface area contributed by atoms with E-state index in [9.17, 15) is 4.79 Å². The van der Waals surface area contributed by atoms with Gasteiger partial charge in [0.1, 0.15) is 0 Å². The standard InChI is InChI=1S/C23H27ClN6O.ClH/c1-16-14-17(2)27-23(26-16)30-18(3)19(15-25-30)22(31)8-9-28-10-12-29(13-11-28)21-7-5-4-6-20(21)24;/h4-7,14-15H,8-13H2,1-3H3;1H. The molecule has 1 aliphatic heterocycles. The molecule has 7 nitrogen and oxygen atoms in total. The summed E-state index contributed by atoms with van der Waals surface area (Å²) in [6.07, 6.45) is 2.10. The van der Waals surface area contributed by atoms with E-state index < -0.39 is 0 Å². The number of Topliss-reactive ketones (excluding diaryl/α,β-unsaturated/α-hetero) is 1. The van der Waals surface area contributed by atoms with Crippen molar-refractivity contribution in [2.75, 3.05) is 37.6 Å². The highest BCUT2D eigenvalue weighted by molar-refractivity contribution is 6.33. The Balaban J connectivity index is 0.00000289. The second-order valence-corrected chi connectivity index (χ2v) is 8.37. The topological polar surface area (TPSA) is 67.2 Å².